The van der Waals surface area contributed by atoms with E-state index in [2.05, 4.69) is 9.97 Å². The summed E-state index contributed by atoms with van der Waals surface area (Å²) in [6, 6.07) is 10.6. The van der Waals surface area contributed by atoms with E-state index in [0.29, 0.717) is 21.5 Å². The number of benzene rings is 3. The number of sulfonamides is 1. The number of imidazole rings is 1. The van der Waals surface area contributed by atoms with Crippen LogP contribution >= 0.6 is 15.2 Å². The van der Waals surface area contributed by atoms with Crippen molar-refractivity contribution in [3.63, 3.8) is 0 Å². The second-order valence-corrected chi connectivity index (χ2v) is 14.9. The molecule has 1 heterocycles. The lowest BCUT2D eigenvalue weighted by Gasteiger charge is -2.25. The molecule has 0 saturated carbocycles. The van der Waals surface area contributed by atoms with Crippen LogP contribution in [0.1, 0.15) is 15.9 Å². The fraction of sp³-hybridized carbons (Fsp3) is 0.160. The quantitative estimate of drug-likeness (QED) is 0.0601. The molecule has 0 unspecified atom stereocenters. The Labute approximate surface area is 255 Å². The average molecular weight is 683 g/mol. The summed E-state index contributed by atoms with van der Waals surface area (Å²) in [5, 5.41) is 35.4. The van der Waals surface area contributed by atoms with Crippen LogP contribution in [0.5, 0.6) is 11.5 Å². The minimum absolute atomic E-state index is 0.119. The molecule has 0 aliphatic heterocycles. The van der Waals surface area contributed by atoms with Gasteiger partial charge in [0.05, 0.1) is 34.5 Å². The molecule has 0 aliphatic carbocycles. The molecule has 17 nitrogen and oxygen atoms in total. The number of aromatic hydroxyl groups is 2. The molecule has 0 radical (unpaired) electrons. The van der Waals surface area contributed by atoms with Crippen molar-refractivity contribution in [2.24, 2.45) is 10.9 Å². The van der Waals surface area contributed by atoms with Gasteiger partial charge in [0.2, 0.25) is 10.0 Å². The van der Waals surface area contributed by atoms with Crippen LogP contribution in [0.15, 0.2) is 53.4 Å². The first-order valence-electron chi connectivity index (χ1n) is 12.7. The van der Waals surface area contributed by atoms with E-state index in [1.54, 1.807) is 0 Å². The summed E-state index contributed by atoms with van der Waals surface area (Å²) in [5.41, 5.74) is 4.59. The number of nitrogens with one attached hydrogen (secondary N) is 2. The van der Waals surface area contributed by atoms with E-state index in [1.807, 2.05) is 0 Å². The number of amides is 1. The Bertz CT molecular complexity index is 2010. The molecule has 12 N–H and O–H groups in total. The third-order valence-electron chi connectivity index (χ3n) is 6.60. The summed E-state index contributed by atoms with van der Waals surface area (Å²) in [4.78, 5) is 58.6. The standard InChI is InChI=1S/C25H28N6O11P2S/c26-23(27)13-5-6-17-18(11-13)30-24(29-17)15-12-16(25(34)31(7-9-43(35,36)37)8-10-44(38,39)40)22(45(28,41)42)20(21(15)33)14-3-1-2-4-19(14)32/h1-6,11-12,32-33H,7-10H2,(H3,26,27)(H,29,30)(H2,28,41,42)(H2,35,36,37)(H2,38,39,40). The highest BCUT2D eigenvalue weighted by molar-refractivity contribution is 7.89. The van der Waals surface area contributed by atoms with Gasteiger partial charge in [-0.2, -0.15) is 0 Å². The van der Waals surface area contributed by atoms with Crippen molar-refractivity contribution in [2.75, 3.05) is 25.4 Å². The first kappa shape index (κ1) is 33.8. The van der Waals surface area contributed by atoms with E-state index in [-0.39, 0.29) is 22.8 Å². The molecule has 4 rings (SSSR count). The van der Waals surface area contributed by atoms with E-state index in [4.69, 9.17) is 16.3 Å². The van der Waals surface area contributed by atoms with Gasteiger partial charge in [-0.1, -0.05) is 18.2 Å². The molecule has 0 bridgehead atoms. The van der Waals surface area contributed by atoms with E-state index in [9.17, 15) is 52.1 Å². The van der Waals surface area contributed by atoms with E-state index >= 15 is 0 Å². The third-order valence-corrected chi connectivity index (χ3v) is 9.16. The number of para-hydroxylation sites is 1. The Morgan fingerprint density at radius 1 is 0.956 bits per heavy atom. The van der Waals surface area contributed by atoms with Crippen molar-refractivity contribution < 1.29 is 52.1 Å². The van der Waals surface area contributed by atoms with Crippen LogP contribution < -0.4 is 10.9 Å². The van der Waals surface area contributed by atoms with Crippen molar-refractivity contribution in [2.45, 2.75) is 4.90 Å². The van der Waals surface area contributed by atoms with Gasteiger partial charge in [0.15, 0.2) is 0 Å². The van der Waals surface area contributed by atoms with Gasteiger partial charge in [0, 0.05) is 29.8 Å². The molecular formula is C25H28N6O11P2S. The predicted octanol–water partition coefficient (Wildman–Crippen LogP) is 1.04. The Kier molecular flexibility index (Phi) is 9.26. The molecule has 0 saturated heterocycles. The van der Waals surface area contributed by atoms with Gasteiger partial charge in [-0.25, -0.2) is 18.5 Å². The average Bonchev–Trinajstić information content (AvgIpc) is 3.34. The van der Waals surface area contributed by atoms with E-state index in [1.165, 1.54) is 42.5 Å². The molecule has 4 aromatic rings. The molecule has 0 atom stereocenters. The maximum atomic E-state index is 14.0. The highest BCUT2D eigenvalue weighted by Crippen LogP contribution is 2.47. The third kappa shape index (κ3) is 7.76. The zero-order chi connectivity index (χ0) is 33.5. The fourth-order valence-electron chi connectivity index (χ4n) is 4.52. The number of carbonyl (C=O) groups is 1. The number of rotatable bonds is 11. The van der Waals surface area contributed by atoms with Gasteiger partial charge in [-0.3, -0.25) is 19.3 Å². The van der Waals surface area contributed by atoms with E-state index in [0.717, 1.165) is 6.07 Å². The number of amidine groups is 1. The summed E-state index contributed by atoms with van der Waals surface area (Å²) in [5.74, 6) is -2.96. The van der Waals surface area contributed by atoms with Crippen LogP contribution in [0.3, 0.4) is 0 Å². The molecule has 240 valence electrons. The number of H-pyrrole nitrogens is 1. The van der Waals surface area contributed by atoms with Gasteiger partial charge < -0.3 is 45.4 Å². The number of phenolic OH excluding ortho intramolecular Hbond substituents is 2. The van der Waals surface area contributed by atoms with Crippen LogP contribution in [0, 0.1) is 5.41 Å². The number of nitrogen functional groups attached to an aromatic ring is 1. The highest BCUT2D eigenvalue weighted by Gasteiger charge is 2.34. The normalized spacial score (nSPS) is 12.4. The Morgan fingerprint density at radius 2 is 1.56 bits per heavy atom. The minimum Gasteiger partial charge on any atom is -0.507 e. The fourth-order valence-corrected chi connectivity index (χ4v) is 6.46. The number of primary sulfonamides is 1. The first-order chi connectivity index (χ1) is 20.8. The first-order valence-corrected chi connectivity index (χ1v) is 17.8. The summed E-state index contributed by atoms with van der Waals surface area (Å²) in [7, 11) is -14.5. The van der Waals surface area contributed by atoms with Crippen molar-refractivity contribution in [1.29, 1.82) is 5.41 Å². The van der Waals surface area contributed by atoms with Gasteiger partial charge in [0.25, 0.3) is 5.91 Å². The molecule has 3 aromatic carbocycles. The summed E-state index contributed by atoms with van der Waals surface area (Å²) >= 11 is 0. The number of phenols is 2. The second kappa shape index (κ2) is 12.3. The smallest absolute Gasteiger partial charge is 0.327 e. The van der Waals surface area contributed by atoms with Gasteiger partial charge in [0.1, 0.15) is 28.1 Å². The number of aromatic nitrogens is 2. The zero-order valence-corrected chi connectivity index (χ0v) is 25.6. The van der Waals surface area contributed by atoms with Gasteiger partial charge in [-0.05, 0) is 30.3 Å². The van der Waals surface area contributed by atoms with E-state index < -0.39 is 84.1 Å². The number of carbonyl (C=O) groups excluding carboxylic acids is 1. The number of hydrogen-bond donors (Lipinski definition) is 10. The zero-order valence-electron chi connectivity index (χ0n) is 23.0. The molecular weight excluding hydrogens is 654 g/mol. The van der Waals surface area contributed by atoms with Crippen molar-refractivity contribution >= 4 is 48.0 Å². The SMILES string of the molecule is N=C(N)c1ccc2nc(-c3cc(C(=O)N(CCP(=O)(O)O)CCP(=O)(O)O)c(S(N)(=O)=O)c(-c4ccccc4O)c3O)[nH]c2c1. The highest BCUT2D eigenvalue weighted by atomic mass is 32.2. The number of fused-ring (bicyclic) bond motifs is 1. The maximum Gasteiger partial charge on any atom is 0.327 e. The number of aromatic amines is 1. The molecule has 0 aliphatic rings. The van der Waals surface area contributed by atoms with Crippen LogP contribution in [0.2, 0.25) is 0 Å². The largest absolute Gasteiger partial charge is 0.507 e. The van der Waals surface area contributed by atoms with Crippen molar-refractivity contribution in [1.82, 2.24) is 14.9 Å². The molecule has 0 fully saturated rings. The Morgan fingerprint density at radius 3 is 2.09 bits per heavy atom. The topological polar surface area (TPSA) is 315 Å². The van der Waals surface area contributed by atoms with Crippen molar-refractivity contribution in [3.05, 3.63) is 59.7 Å². The summed E-state index contributed by atoms with van der Waals surface area (Å²) < 4.78 is 49.4. The number of nitrogens with zero attached hydrogens (tertiary/aromatic N) is 2. The lowest BCUT2D eigenvalue weighted by molar-refractivity contribution is 0.0768. The van der Waals surface area contributed by atoms with Gasteiger partial charge in [-0.15, -0.1) is 0 Å². The lowest BCUT2D eigenvalue weighted by Crippen LogP contribution is -2.37. The molecule has 1 aromatic heterocycles. The monoisotopic (exact) mass is 682 g/mol. The van der Waals surface area contributed by atoms with Gasteiger partial charge >= 0.3 is 15.2 Å². The number of nitrogens with two attached hydrogens (primary N) is 2. The minimum atomic E-state index is -4.95. The van der Waals surface area contributed by atoms with Crippen LogP contribution in [0.25, 0.3) is 33.5 Å². The van der Waals surface area contributed by atoms with Crippen LogP contribution in [-0.4, -0.2) is 90.2 Å². The Hall–Kier alpha value is -4.12. The lowest BCUT2D eigenvalue weighted by atomic mass is 9.96. The van der Waals surface area contributed by atoms with Crippen LogP contribution in [0.4, 0.5) is 0 Å². The molecule has 1 amide bonds. The number of hydrogen-bond acceptors (Lipinski definition) is 9. The molecule has 20 heteroatoms. The Balaban J connectivity index is 2.06. The van der Waals surface area contributed by atoms with Crippen molar-refractivity contribution in [3.8, 4) is 34.0 Å². The summed E-state index contributed by atoms with van der Waals surface area (Å²) in [6.07, 6.45) is -1.88. The molecule has 0 spiro atoms. The second-order valence-electron chi connectivity index (χ2n) is 9.89. The predicted molar refractivity (Wildman–Crippen MR) is 162 cm³/mol. The maximum absolute atomic E-state index is 14.0. The molecule has 45 heavy (non-hydrogen) atoms. The van der Waals surface area contributed by atoms with Crippen LogP contribution in [-0.2, 0) is 19.2 Å². The summed E-state index contributed by atoms with van der Waals surface area (Å²) in [6.45, 7) is -1.51.